The molecular formula is C5H14Sn. The van der Waals surface area contributed by atoms with Gasteiger partial charge in [0, 0.05) is 0 Å². The maximum atomic E-state index is 2.23. The van der Waals surface area contributed by atoms with E-state index in [9.17, 15) is 0 Å². The van der Waals surface area contributed by atoms with Gasteiger partial charge in [-0.2, -0.15) is 0 Å². The van der Waals surface area contributed by atoms with E-state index in [2.05, 4.69) is 6.92 Å². The van der Waals surface area contributed by atoms with Crippen molar-refractivity contribution in [2.75, 3.05) is 0 Å². The zero-order valence-electron chi connectivity index (χ0n) is 3.70. The van der Waals surface area contributed by atoms with E-state index in [1.165, 1.54) is 39.8 Å². The number of hydrogen-bond donors (Lipinski definition) is 0. The Morgan fingerprint density at radius 1 is 1.50 bits per heavy atom. The Balaban J connectivity index is 0. The molecule has 0 aromatic rings. The van der Waals surface area contributed by atoms with E-state index in [1.54, 1.807) is 0 Å². The molecule has 0 aliphatic carbocycles. The maximum absolute atomic E-state index is 2.23. The molecule has 0 nitrogen and oxygen atoms in total. The molecule has 0 heterocycles. The summed E-state index contributed by atoms with van der Waals surface area (Å²) in [5.41, 5.74) is 0. The number of rotatable bonds is 2. The van der Waals surface area contributed by atoms with Gasteiger partial charge in [0.15, 0.2) is 0 Å². The summed E-state index contributed by atoms with van der Waals surface area (Å²) in [4.78, 5) is 0. The van der Waals surface area contributed by atoms with Crippen LogP contribution in [-0.2, 0) is 0 Å². The Labute approximate surface area is 54.4 Å². The third kappa shape index (κ3) is 8.84. The van der Waals surface area contributed by atoms with Crippen LogP contribution in [0.4, 0.5) is 0 Å². The standard InChI is InChI=1S/C4H9.CH4.Sn.H/c1-3-4-2;;;/h1,3-4H2,2H3;1H4;;. The van der Waals surface area contributed by atoms with Crippen molar-refractivity contribution >= 4 is 22.5 Å². The van der Waals surface area contributed by atoms with Gasteiger partial charge in [-0.3, -0.25) is 0 Å². The van der Waals surface area contributed by atoms with Gasteiger partial charge in [-0.1, -0.05) is 7.43 Å². The third-order valence-electron chi connectivity index (χ3n) is 0.558. The normalized spacial score (nSPS) is 7.00. The predicted molar refractivity (Wildman–Crippen MR) is 33.6 cm³/mol. The molecule has 0 amide bonds. The van der Waals surface area contributed by atoms with E-state index in [0.717, 1.165) is 0 Å². The molecule has 0 bridgehead atoms. The van der Waals surface area contributed by atoms with Crippen molar-refractivity contribution in [1.29, 1.82) is 0 Å². The summed E-state index contributed by atoms with van der Waals surface area (Å²) >= 11 is 1.45. The average Bonchev–Trinajstić information content (AvgIpc) is 1.41. The first-order valence-electron chi connectivity index (χ1n) is 2.12. The van der Waals surface area contributed by atoms with Crippen LogP contribution >= 0.6 is 0 Å². The van der Waals surface area contributed by atoms with Gasteiger partial charge in [-0.25, -0.2) is 0 Å². The molecule has 1 heteroatoms. The fourth-order valence-corrected chi connectivity index (χ4v) is 1.37. The van der Waals surface area contributed by atoms with Crippen molar-refractivity contribution in [2.24, 2.45) is 0 Å². The Morgan fingerprint density at radius 2 is 2.00 bits per heavy atom. The summed E-state index contributed by atoms with van der Waals surface area (Å²) in [6.07, 6.45) is 2.82. The molecule has 6 heavy (non-hydrogen) atoms. The van der Waals surface area contributed by atoms with Gasteiger partial charge in [-0.15, -0.1) is 0 Å². The van der Waals surface area contributed by atoms with Crippen LogP contribution in [0.1, 0.15) is 27.2 Å². The first kappa shape index (κ1) is 9.93. The molecule has 38 valence electrons. The van der Waals surface area contributed by atoms with Gasteiger partial charge < -0.3 is 0 Å². The fraction of sp³-hybridized carbons (Fsp3) is 1.00. The molecule has 0 atom stereocenters. The Hall–Kier alpha value is 0.799. The van der Waals surface area contributed by atoms with Gasteiger partial charge in [0.2, 0.25) is 0 Å². The zero-order chi connectivity index (χ0) is 4.12. The second-order valence-corrected chi connectivity index (χ2v) is 2.79. The van der Waals surface area contributed by atoms with Crippen molar-refractivity contribution < 1.29 is 0 Å². The second-order valence-electron chi connectivity index (χ2n) is 1.14. The van der Waals surface area contributed by atoms with Crippen LogP contribution in [0.3, 0.4) is 0 Å². The summed E-state index contributed by atoms with van der Waals surface area (Å²) in [6.45, 7) is 2.23. The molecule has 0 aromatic carbocycles. The Kier molecular flexibility index (Phi) is 15.3. The van der Waals surface area contributed by atoms with Crippen molar-refractivity contribution in [1.82, 2.24) is 0 Å². The number of hydrogen-bond acceptors (Lipinski definition) is 0. The monoisotopic (exact) mass is 194 g/mol. The van der Waals surface area contributed by atoms with E-state index in [0.29, 0.717) is 0 Å². The van der Waals surface area contributed by atoms with E-state index >= 15 is 0 Å². The summed E-state index contributed by atoms with van der Waals surface area (Å²) < 4.78 is 1.47. The summed E-state index contributed by atoms with van der Waals surface area (Å²) in [6, 6.07) is 0. The van der Waals surface area contributed by atoms with Crippen LogP contribution in [0.25, 0.3) is 0 Å². The topological polar surface area (TPSA) is 0 Å². The molecule has 0 aromatic heterocycles. The molecule has 0 fully saturated rings. The molecule has 0 N–H and O–H groups in total. The van der Waals surface area contributed by atoms with Gasteiger partial charge in [0.25, 0.3) is 0 Å². The summed E-state index contributed by atoms with van der Waals surface area (Å²) in [7, 11) is 0. The second kappa shape index (κ2) is 9.25. The van der Waals surface area contributed by atoms with Crippen molar-refractivity contribution in [2.45, 2.75) is 31.6 Å². The van der Waals surface area contributed by atoms with Crippen molar-refractivity contribution in [3.05, 3.63) is 0 Å². The van der Waals surface area contributed by atoms with Gasteiger partial charge in [-0.05, 0) is 0 Å². The number of unbranched alkanes of at least 4 members (excludes halogenated alkanes) is 1. The zero-order valence-corrected chi connectivity index (χ0v) is 6.99. The molecule has 2 radical (unpaired) electrons. The SMILES string of the molecule is C.CCC[CH2][SnH]. The van der Waals surface area contributed by atoms with Gasteiger partial charge in [0.1, 0.15) is 0 Å². The first-order chi connectivity index (χ1) is 2.41. The van der Waals surface area contributed by atoms with Crippen LogP contribution in [0.5, 0.6) is 0 Å². The molecule has 0 rings (SSSR count). The van der Waals surface area contributed by atoms with E-state index in [1.807, 2.05) is 0 Å². The Morgan fingerprint density at radius 3 is 2.00 bits per heavy atom. The van der Waals surface area contributed by atoms with Gasteiger partial charge in [0.05, 0.1) is 0 Å². The average molecular weight is 193 g/mol. The minimum atomic E-state index is 0. The molecular weight excluding hydrogens is 179 g/mol. The van der Waals surface area contributed by atoms with Crippen LogP contribution in [0.2, 0.25) is 4.44 Å². The summed E-state index contributed by atoms with van der Waals surface area (Å²) in [5.74, 6) is 0. The van der Waals surface area contributed by atoms with E-state index in [4.69, 9.17) is 0 Å². The van der Waals surface area contributed by atoms with Gasteiger partial charge >= 0.3 is 46.7 Å². The fourth-order valence-electron chi connectivity index (χ4n) is 0.204. The Bertz CT molecular complexity index is 11.4. The molecule has 0 unspecified atom stereocenters. The van der Waals surface area contributed by atoms with Crippen LogP contribution in [0, 0.1) is 0 Å². The molecule has 0 saturated carbocycles. The quantitative estimate of drug-likeness (QED) is 0.585. The van der Waals surface area contributed by atoms with E-state index < -0.39 is 0 Å². The predicted octanol–water partition coefficient (Wildman–Crippen LogP) is 1.74. The minimum absolute atomic E-state index is 0. The molecule has 0 saturated heterocycles. The first-order valence-corrected chi connectivity index (χ1v) is 4.45. The van der Waals surface area contributed by atoms with Crippen LogP contribution < -0.4 is 0 Å². The van der Waals surface area contributed by atoms with Crippen LogP contribution in [-0.4, -0.2) is 22.5 Å². The molecule has 0 aliphatic rings. The molecule has 0 aliphatic heterocycles. The summed E-state index contributed by atoms with van der Waals surface area (Å²) in [5, 5.41) is 0. The molecule has 0 spiro atoms. The third-order valence-corrected chi connectivity index (χ3v) is 1.72. The van der Waals surface area contributed by atoms with Crippen LogP contribution in [0.15, 0.2) is 0 Å². The van der Waals surface area contributed by atoms with E-state index in [-0.39, 0.29) is 7.43 Å². The van der Waals surface area contributed by atoms with Crippen molar-refractivity contribution in [3.63, 3.8) is 0 Å². The van der Waals surface area contributed by atoms with Crippen molar-refractivity contribution in [3.8, 4) is 0 Å².